The molecule has 0 bridgehead atoms. The zero-order valence-corrected chi connectivity index (χ0v) is 8.38. The largest absolute Gasteiger partial charge is 0.313 e. The quantitative estimate of drug-likeness (QED) is 0.745. The topological polar surface area (TPSA) is 12.0 Å². The van der Waals surface area contributed by atoms with E-state index >= 15 is 0 Å². The van der Waals surface area contributed by atoms with Crippen molar-refractivity contribution in [2.75, 3.05) is 7.05 Å². The number of rotatable bonds is 3. The molecule has 0 saturated heterocycles. The van der Waals surface area contributed by atoms with Gasteiger partial charge in [0.25, 0.3) is 0 Å². The first-order chi connectivity index (χ1) is 6.26. The lowest BCUT2D eigenvalue weighted by molar-refractivity contribution is 0.390. The molecule has 1 aliphatic rings. The minimum absolute atomic E-state index is 0.510. The second-order valence-electron chi connectivity index (χ2n) is 4.29. The van der Waals surface area contributed by atoms with Crippen LogP contribution in [0, 0.1) is 5.41 Å². The van der Waals surface area contributed by atoms with Gasteiger partial charge in [-0.25, -0.2) is 0 Å². The summed E-state index contributed by atoms with van der Waals surface area (Å²) in [6.07, 6.45) is 2.71. The van der Waals surface area contributed by atoms with Crippen molar-refractivity contribution >= 4 is 0 Å². The highest BCUT2D eigenvalue weighted by atomic mass is 14.9. The van der Waals surface area contributed by atoms with Crippen molar-refractivity contribution in [3.05, 3.63) is 35.9 Å². The van der Waals surface area contributed by atoms with Crippen LogP contribution < -0.4 is 5.32 Å². The molecule has 1 fully saturated rings. The van der Waals surface area contributed by atoms with Gasteiger partial charge in [0.05, 0.1) is 0 Å². The molecule has 2 rings (SSSR count). The summed E-state index contributed by atoms with van der Waals surface area (Å²) >= 11 is 0. The Kier molecular flexibility index (Phi) is 2.12. The van der Waals surface area contributed by atoms with Gasteiger partial charge in [-0.3, -0.25) is 0 Å². The first-order valence-corrected chi connectivity index (χ1v) is 4.98. The summed E-state index contributed by atoms with van der Waals surface area (Å²) < 4.78 is 0. The molecule has 1 unspecified atom stereocenters. The van der Waals surface area contributed by atoms with Gasteiger partial charge in [0.2, 0.25) is 0 Å². The number of hydrogen-bond acceptors (Lipinski definition) is 1. The van der Waals surface area contributed by atoms with E-state index in [0.29, 0.717) is 11.5 Å². The summed E-state index contributed by atoms with van der Waals surface area (Å²) in [5, 5.41) is 3.42. The van der Waals surface area contributed by atoms with E-state index in [-0.39, 0.29) is 0 Å². The minimum atomic E-state index is 0.510. The van der Waals surface area contributed by atoms with Gasteiger partial charge in [0.1, 0.15) is 0 Å². The maximum atomic E-state index is 3.42. The van der Waals surface area contributed by atoms with E-state index in [0.717, 1.165) is 0 Å². The highest BCUT2D eigenvalue weighted by Crippen LogP contribution is 2.54. The maximum absolute atomic E-state index is 3.42. The second kappa shape index (κ2) is 3.15. The van der Waals surface area contributed by atoms with Crippen molar-refractivity contribution in [2.24, 2.45) is 5.41 Å². The van der Waals surface area contributed by atoms with Crippen molar-refractivity contribution < 1.29 is 0 Å². The Morgan fingerprint density at radius 3 is 2.31 bits per heavy atom. The average molecular weight is 175 g/mol. The monoisotopic (exact) mass is 175 g/mol. The van der Waals surface area contributed by atoms with E-state index in [1.165, 1.54) is 18.4 Å². The third kappa shape index (κ3) is 1.61. The molecular formula is C12H17N. The molecular weight excluding hydrogens is 158 g/mol. The van der Waals surface area contributed by atoms with Gasteiger partial charge in [-0.2, -0.15) is 0 Å². The van der Waals surface area contributed by atoms with Crippen LogP contribution in [-0.2, 0) is 0 Å². The van der Waals surface area contributed by atoms with Gasteiger partial charge in [-0.15, -0.1) is 0 Å². The summed E-state index contributed by atoms with van der Waals surface area (Å²) in [6, 6.07) is 11.3. The highest BCUT2D eigenvalue weighted by Gasteiger charge is 2.44. The smallest absolute Gasteiger partial charge is 0.0372 e. The van der Waals surface area contributed by atoms with Crippen LogP contribution in [0.15, 0.2) is 30.3 Å². The average Bonchev–Trinajstić information content (AvgIpc) is 2.87. The van der Waals surface area contributed by atoms with Crippen molar-refractivity contribution in [2.45, 2.75) is 25.8 Å². The SMILES string of the molecule is CNC(c1ccccc1)C1(C)CC1. The predicted molar refractivity (Wildman–Crippen MR) is 55.6 cm³/mol. The van der Waals surface area contributed by atoms with E-state index in [4.69, 9.17) is 0 Å². The van der Waals surface area contributed by atoms with Gasteiger partial charge in [-0.05, 0) is 30.9 Å². The standard InChI is InChI=1S/C12H17N/c1-12(8-9-12)11(13-2)10-6-4-3-5-7-10/h3-7,11,13H,8-9H2,1-2H3. The first kappa shape index (κ1) is 8.76. The summed E-state index contributed by atoms with van der Waals surface area (Å²) in [7, 11) is 2.06. The van der Waals surface area contributed by atoms with Crippen molar-refractivity contribution in [1.82, 2.24) is 5.32 Å². The van der Waals surface area contributed by atoms with Crippen molar-refractivity contribution in [1.29, 1.82) is 0 Å². The maximum Gasteiger partial charge on any atom is 0.0372 e. The molecule has 13 heavy (non-hydrogen) atoms. The van der Waals surface area contributed by atoms with E-state index < -0.39 is 0 Å². The summed E-state index contributed by atoms with van der Waals surface area (Å²) in [5.74, 6) is 0. The molecule has 0 amide bonds. The lowest BCUT2D eigenvalue weighted by atomic mass is 9.92. The number of hydrogen-bond donors (Lipinski definition) is 1. The Bertz CT molecular complexity index is 274. The molecule has 1 saturated carbocycles. The normalized spacial score (nSPS) is 21.1. The van der Waals surface area contributed by atoms with Crippen LogP contribution in [0.3, 0.4) is 0 Å². The molecule has 0 aromatic heterocycles. The molecule has 0 aliphatic heterocycles. The zero-order valence-electron chi connectivity index (χ0n) is 8.38. The Morgan fingerprint density at radius 2 is 1.85 bits per heavy atom. The van der Waals surface area contributed by atoms with Crippen LogP contribution in [0.1, 0.15) is 31.4 Å². The van der Waals surface area contributed by atoms with Crippen molar-refractivity contribution in [3.8, 4) is 0 Å². The molecule has 1 aliphatic carbocycles. The van der Waals surface area contributed by atoms with E-state index in [1.807, 2.05) is 0 Å². The van der Waals surface area contributed by atoms with Gasteiger partial charge in [0.15, 0.2) is 0 Å². The predicted octanol–water partition coefficient (Wildman–Crippen LogP) is 2.75. The lowest BCUT2D eigenvalue weighted by Crippen LogP contribution is -2.24. The van der Waals surface area contributed by atoms with E-state index in [9.17, 15) is 0 Å². The first-order valence-electron chi connectivity index (χ1n) is 4.98. The molecule has 0 heterocycles. The molecule has 1 atom stereocenters. The molecule has 1 nitrogen and oxygen atoms in total. The Hall–Kier alpha value is -0.820. The fourth-order valence-corrected chi connectivity index (χ4v) is 2.05. The van der Waals surface area contributed by atoms with Crippen LogP contribution in [0.25, 0.3) is 0 Å². The highest BCUT2D eigenvalue weighted by molar-refractivity contribution is 5.23. The van der Waals surface area contributed by atoms with Gasteiger partial charge < -0.3 is 5.32 Å². The summed E-state index contributed by atoms with van der Waals surface area (Å²) in [5.41, 5.74) is 1.93. The Balaban J connectivity index is 2.23. The van der Waals surface area contributed by atoms with Crippen LogP contribution in [0.2, 0.25) is 0 Å². The molecule has 1 aromatic rings. The molecule has 1 aromatic carbocycles. The van der Waals surface area contributed by atoms with Crippen LogP contribution in [0.5, 0.6) is 0 Å². The molecule has 0 radical (unpaired) electrons. The molecule has 0 spiro atoms. The van der Waals surface area contributed by atoms with Gasteiger partial charge in [-0.1, -0.05) is 37.3 Å². The summed E-state index contributed by atoms with van der Waals surface area (Å²) in [4.78, 5) is 0. The van der Waals surface area contributed by atoms with Crippen LogP contribution in [-0.4, -0.2) is 7.05 Å². The summed E-state index contributed by atoms with van der Waals surface area (Å²) in [6.45, 7) is 2.36. The minimum Gasteiger partial charge on any atom is -0.313 e. The van der Waals surface area contributed by atoms with Gasteiger partial charge in [0, 0.05) is 6.04 Å². The Labute approximate surface area is 80.2 Å². The van der Waals surface area contributed by atoms with Gasteiger partial charge >= 0.3 is 0 Å². The molecule has 70 valence electrons. The zero-order chi connectivity index (χ0) is 9.31. The third-order valence-corrected chi connectivity index (χ3v) is 3.16. The molecule has 1 N–H and O–H groups in total. The number of nitrogens with one attached hydrogen (secondary N) is 1. The molecule has 1 heteroatoms. The lowest BCUT2D eigenvalue weighted by Gasteiger charge is -2.23. The Morgan fingerprint density at radius 1 is 1.23 bits per heavy atom. The fourth-order valence-electron chi connectivity index (χ4n) is 2.05. The second-order valence-corrected chi connectivity index (χ2v) is 4.29. The van der Waals surface area contributed by atoms with E-state index in [2.05, 4.69) is 49.6 Å². The van der Waals surface area contributed by atoms with Crippen molar-refractivity contribution in [3.63, 3.8) is 0 Å². The van der Waals surface area contributed by atoms with E-state index in [1.54, 1.807) is 0 Å². The van der Waals surface area contributed by atoms with Crippen LogP contribution >= 0.6 is 0 Å². The fraction of sp³-hybridized carbons (Fsp3) is 0.500. The van der Waals surface area contributed by atoms with Crippen LogP contribution in [0.4, 0.5) is 0 Å². The third-order valence-electron chi connectivity index (χ3n) is 3.16. The number of benzene rings is 1.